The number of carbonyl (C=O) groups is 4. The largest absolute Gasteiger partial charge is 0.472 e. The lowest BCUT2D eigenvalue weighted by Gasteiger charge is -2.21. The lowest BCUT2D eigenvalue weighted by atomic mass is 10.0. The number of phosphoric ester groups is 2. The molecule has 0 spiro atoms. The fourth-order valence-corrected chi connectivity index (χ4v) is 14.4. The summed E-state index contributed by atoms with van der Waals surface area (Å²) in [6.07, 6.45) is 62.4. The van der Waals surface area contributed by atoms with Crippen LogP contribution in [0.25, 0.3) is 0 Å². The smallest absolute Gasteiger partial charge is 0.462 e. The van der Waals surface area contributed by atoms with E-state index < -0.39 is 97.5 Å². The van der Waals surface area contributed by atoms with Crippen molar-refractivity contribution in [1.29, 1.82) is 0 Å². The van der Waals surface area contributed by atoms with Crippen molar-refractivity contribution < 1.29 is 80.2 Å². The zero-order valence-electron chi connectivity index (χ0n) is 67.1. The number of hydrogen-bond donors (Lipinski definition) is 3. The molecule has 102 heavy (non-hydrogen) atoms. The van der Waals surface area contributed by atoms with Crippen LogP contribution in [-0.4, -0.2) is 96.7 Å². The molecule has 0 saturated carbocycles. The van der Waals surface area contributed by atoms with E-state index in [2.05, 4.69) is 48.5 Å². The van der Waals surface area contributed by atoms with Crippen LogP contribution in [0.5, 0.6) is 0 Å². The Balaban J connectivity index is 5.25. The molecule has 606 valence electrons. The second kappa shape index (κ2) is 73.2. The molecular weight excluding hydrogens is 1330 g/mol. The monoisotopic (exact) mass is 1490 g/mol. The van der Waals surface area contributed by atoms with Gasteiger partial charge in [0.05, 0.1) is 26.4 Å². The van der Waals surface area contributed by atoms with Gasteiger partial charge in [0, 0.05) is 25.7 Å². The lowest BCUT2D eigenvalue weighted by molar-refractivity contribution is -0.161. The minimum absolute atomic E-state index is 0.108. The van der Waals surface area contributed by atoms with Crippen LogP contribution in [0.2, 0.25) is 0 Å². The fourth-order valence-electron chi connectivity index (χ4n) is 12.8. The van der Waals surface area contributed by atoms with Gasteiger partial charge < -0.3 is 33.8 Å². The van der Waals surface area contributed by atoms with Gasteiger partial charge in [-0.25, -0.2) is 9.13 Å². The summed E-state index contributed by atoms with van der Waals surface area (Å²) in [5, 5.41) is 10.7. The molecule has 0 aromatic rings. The number of aliphatic hydroxyl groups excluding tert-OH is 1. The zero-order valence-corrected chi connectivity index (χ0v) is 68.9. The van der Waals surface area contributed by atoms with Gasteiger partial charge in [0.2, 0.25) is 0 Å². The van der Waals surface area contributed by atoms with Crippen molar-refractivity contribution >= 4 is 39.5 Å². The summed E-state index contributed by atoms with van der Waals surface area (Å²) in [4.78, 5) is 73.1. The standard InChI is InChI=1S/C83H162O17P2/c1-8-9-10-11-12-13-14-15-18-26-31-36-45-52-59-66-83(88)100-79(71-94-81(86)65-58-51-44-39-38-42-49-56-63-76(6)7)73-98-102(91,92)96-69-77(84)68-95-101(89,90)97-72-78(99-82(87)67-60-53-46-37-32-27-22-17-20-24-29-34-41-48-55-62-75(4)5)70-93-80(85)64-57-50-43-35-30-25-21-16-19-23-28-33-40-47-54-61-74(2)3/h74-79,84H,8-73H2,1-7H3,(H,89,90)(H,91,92)/t77-,78-,79-/m1/s1. The van der Waals surface area contributed by atoms with Crippen molar-refractivity contribution in [1.82, 2.24) is 0 Å². The number of carbonyl (C=O) groups excluding carboxylic acids is 4. The van der Waals surface area contributed by atoms with Gasteiger partial charge in [-0.3, -0.25) is 37.3 Å². The van der Waals surface area contributed by atoms with E-state index in [0.717, 1.165) is 108 Å². The molecule has 0 fully saturated rings. The van der Waals surface area contributed by atoms with Crippen LogP contribution in [0.1, 0.15) is 434 Å². The van der Waals surface area contributed by atoms with Crippen LogP contribution in [0.15, 0.2) is 0 Å². The summed E-state index contributed by atoms with van der Waals surface area (Å²) in [7, 11) is -9.92. The molecule has 0 bridgehead atoms. The molecule has 0 aliphatic rings. The molecule has 0 radical (unpaired) electrons. The van der Waals surface area contributed by atoms with Gasteiger partial charge in [0.1, 0.15) is 19.3 Å². The molecule has 17 nitrogen and oxygen atoms in total. The number of rotatable bonds is 81. The van der Waals surface area contributed by atoms with Crippen LogP contribution in [-0.2, 0) is 65.4 Å². The Morgan fingerprint density at radius 1 is 0.265 bits per heavy atom. The topological polar surface area (TPSA) is 237 Å². The van der Waals surface area contributed by atoms with Gasteiger partial charge in [0.25, 0.3) is 0 Å². The fraction of sp³-hybridized carbons (Fsp3) is 0.952. The highest BCUT2D eigenvalue weighted by molar-refractivity contribution is 7.47. The Labute approximate surface area is 626 Å². The second-order valence-corrected chi connectivity index (χ2v) is 34.2. The summed E-state index contributed by atoms with van der Waals surface area (Å²) in [5.74, 6) is 0.228. The molecule has 0 saturated heterocycles. The van der Waals surface area contributed by atoms with Gasteiger partial charge >= 0.3 is 39.5 Å². The van der Waals surface area contributed by atoms with E-state index in [0.29, 0.717) is 25.7 Å². The van der Waals surface area contributed by atoms with E-state index >= 15 is 0 Å². The minimum Gasteiger partial charge on any atom is -0.462 e. The number of aliphatic hydroxyl groups is 1. The van der Waals surface area contributed by atoms with E-state index in [1.54, 1.807) is 0 Å². The number of esters is 4. The first-order chi connectivity index (χ1) is 49.2. The third-order valence-electron chi connectivity index (χ3n) is 19.4. The summed E-state index contributed by atoms with van der Waals surface area (Å²) in [6.45, 7) is 12.0. The number of unbranched alkanes of at least 4 members (excludes halogenated alkanes) is 49. The predicted molar refractivity (Wildman–Crippen MR) is 418 cm³/mol. The van der Waals surface area contributed by atoms with Crippen LogP contribution < -0.4 is 0 Å². The molecule has 0 aromatic carbocycles. The quantitative estimate of drug-likeness (QED) is 0.0222. The first-order valence-corrected chi connectivity index (χ1v) is 45.8. The number of hydrogen-bond acceptors (Lipinski definition) is 15. The maximum absolute atomic E-state index is 13.1. The molecule has 0 aliphatic carbocycles. The van der Waals surface area contributed by atoms with E-state index in [1.165, 1.54) is 244 Å². The SMILES string of the molecule is CCCCCCCCCCCCCCCCCC(=O)O[C@H](COC(=O)CCCCCCCCCCC(C)C)COP(=O)(O)OC[C@H](O)COP(=O)(O)OC[C@@H](COC(=O)CCCCCCCCCCCCCCCCCC(C)C)OC(=O)CCCCCCCCCCCCCCCCCC(C)C. The molecule has 0 aromatic heterocycles. The van der Waals surface area contributed by atoms with E-state index in [9.17, 15) is 43.2 Å². The molecule has 2 unspecified atom stereocenters. The first kappa shape index (κ1) is 100. The molecule has 0 rings (SSSR count). The average Bonchev–Trinajstić information content (AvgIpc) is 0.917. The van der Waals surface area contributed by atoms with Crippen molar-refractivity contribution in [2.75, 3.05) is 39.6 Å². The van der Waals surface area contributed by atoms with Gasteiger partial charge in [-0.2, -0.15) is 0 Å². The van der Waals surface area contributed by atoms with E-state index in [4.69, 9.17) is 37.0 Å². The molecule has 0 heterocycles. The Morgan fingerprint density at radius 3 is 0.667 bits per heavy atom. The van der Waals surface area contributed by atoms with E-state index in [-0.39, 0.29) is 25.7 Å². The van der Waals surface area contributed by atoms with Crippen molar-refractivity contribution in [3.63, 3.8) is 0 Å². The maximum Gasteiger partial charge on any atom is 0.472 e. The first-order valence-electron chi connectivity index (χ1n) is 42.8. The minimum atomic E-state index is -4.96. The van der Waals surface area contributed by atoms with Crippen molar-refractivity contribution in [2.45, 2.75) is 452 Å². The van der Waals surface area contributed by atoms with Crippen molar-refractivity contribution in [3.8, 4) is 0 Å². The third-order valence-corrected chi connectivity index (χ3v) is 21.3. The summed E-state index contributed by atoms with van der Waals surface area (Å²) in [5.41, 5.74) is 0. The van der Waals surface area contributed by atoms with Crippen LogP contribution in [0, 0.1) is 17.8 Å². The number of ether oxygens (including phenoxy) is 4. The Hall–Kier alpha value is -1.94. The molecule has 3 N–H and O–H groups in total. The van der Waals surface area contributed by atoms with E-state index in [1.807, 2.05) is 0 Å². The van der Waals surface area contributed by atoms with Crippen LogP contribution >= 0.6 is 15.6 Å². The highest BCUT2D eigenvalue weighted by atomic mass is 31.2. The Bertz CT molecular complexity index is 1970. The molecule has 0 amide bonds. The second-order valence-electron chi connectivity index (χ2n) is 31.3. The molecular formula is C83H162O17P2. The van der Waals surface area contributed by atoms with Crippen molar-refractivity contribution in [2.24, 2.45) is 17.8 Å². The Morgan fingerprint density at radius 2 is 0.451 bits per heavy atom. The lowest BCUT2D eigenvalue weighted by Crippen LogP contribution is -2.30. The van der Waals surface area contributed by atoms with Crippen LogP contribution in [0.3, 0.4) is 0 Å². The maximum atomic E-state index is 13.1. The predicted octanol–water partition coefficient (Wildman–Crippen LogP) is 24.9. The van der Waals surface area contributed by atoms with Crippen molar-refractivity contribution in [3.05, 3.63) is 0 Å². The summed E-state index contributed by atoms with van der Waals surface area (Å²) >= 11 is 0. The highest BCUT2D eigenvalue weighted by Crippen LogP contribution is 2.45. The van der Waals surface area contributed by atoms with Gasteiger partial charge in [-0.15, -0.1) is 0 Å². The summed E-state index contributed by atoms with van der Waals surface area (Å²) < 4.78 is 68.8. The average molecular weight is 1490 g/mol. The summed E-state index contributed by atoms with van der Waals surface area (Å²) in [6, 6.07) is 0. The van der Waals surface area contributed by atoms with Crippen LogP contribution in [0.4, 0.5) is 0 Å². The molecule has 19 heteroatoms. The molecule has 0 aliphatic heterocycles. The highest BCUT2D eigenvalue weighted by Gasteiger charge is 2.30. The number of phosphoric acid groups is 2. The molecule has 5 atom stereocenters. The zero-order chi connectivity index (χ0) is 75.1. The Kier molecular flexibility index (Phi) is 71.8. The van der Waals surface area contributed by atoms with Gasteiger partial charge in [-0.05, 0) is 43.4 Å². The van der Waals surface area contributed by atoms with Gasteiger partial charge in [-0.1, -0.05) is 382 Å². The normalized spacial score (nSPS) is 13.9. The third kappa shape index (κ3) is 76.3. The van der Waals surface area contributed by atoms with Gasteiger partial charge in [0.15, 0.2) is 12.2 Å².